The Morgan fingerprint density at radius 1 is 1.50 bits per heavy atom. The third kappa shape index (κ3) is 3.96. The van der Waals surface area contributed by atoms with Gasteiger partial charge in [0.1, 0.15) is 0 Å². The lowest BCUT2D eigenvalue weighted by Crippen LogP contribution is -2.23. The maximum absolute atomic E-state index is 11.7. The van der Waals surface area contributed by atoms with Crippen molar-refractivity contribution in [3.63, 3.8) is 0 Å². The highest BCUT2D eigenvalue weighted by atomic mass is 79.9. The molecular formula is C11H12BrClN2O. The van der Waals surface area contributed by atoms with Crippen molar-refractivity contribution >= 4 is 33.4 Å². The van der Waals surface area contributed by atoms with Gasteiger partial charge < -0.3 is 11.1 Å². The Morgan fingerprint density at radius 3 is 2.88 bits per heavy atom. The molecule has 0 aliphatic rings. The van der Waals surface area contributed by atoms with E-state index in [9.17, 15) is 4.79 Å². The number of benzene rings is 1. The van der Waals surface area contributed by atoms with Gasteiger partial charge in [0.15, 0.2) is 0 Å². The van der Waals surface area contributed by atoms with E-state index in [1.165, 1.54) is 0 Å². The molecule has 0 aliphatic heterocycles. The summed E-state index contributed by atoms with van der Waals surface area (Å²) < 4.78 is 0.681. The monoisotopic (exact) mass is 302 g/mol. The predicted octanol–water partition coefficient (Wildman–Crippen LogP) is 2.35. The molecule has 1 amide bonds. The van der Waals surface area contributed by atoms with Gasteiger partial charge in [-0.2, -0.15) is 0 Å². The highest BCUT2D eigenvalue weighted by Gasteiger charge is 2.08. The van der Waals surface area contributed by atoms with Crippen molar-refractivity contribution in [3.8, 4) is 0 Å². The molecule has 0 atom stereocenters. The Bertz CT molecular complexity index is 407. The predicted molar refractivity (Wildman–Crippen MR) is 69.7 cm³/mol. The van der Waals surface area contributed by atoms with Crippen LogP contribution in [0.3, 0.4) is 0 Å². The van der Waals surface area contributed by atoms with Gasteiger partial charge in [0, 0.05) is 22.6 Å². The van der Waals surface area contributed by atoms with Crippen LogP contribution in [0.15, 0.2) is 34.8 Å². The molecule has 0 bridgehead atoms. The highest BCUT2D eigenvalue weighted by Crippen LogP contribution is 2.21. The van der Waals surface area contributed by atoms with E-state index in [0.717, 1.165) is 0 Å². The molecule has 0 aliphatic carbocycles. The van der Waals surface area contributed by atoms with E-state index in [1.807, 2.05) is 6.08 Å². The number of hydrogen-bond donors (Lipinski definition) is 2. The Labute approximate surface area is 108 Å². The minimum Gasteiger partial charge on any atom is -0.349 e. The van der Waals surface area contributed by atoms with Crippen LogP contribution in [0.1, 0.15) is 10.4 Å². The van der Waals surface area contributed by atoms with E-state index in [0.29, 0.717) is 28.1 Å². The number of halogens is 2. The molecule has 0 fully saturated rings. The third-order valence-corrected chi connectivity index (χ3v) is 2.75. The van der Waals surface area contributed by atoms with Crippen LogP contribution in [0.25, 0.3) is 0 Å². The minimum atomic E-state index is -0.148. The highest BCUT2D eigenvalue weighted by molar-refractivity contribution is 9.10. The lowest BCUT2D eigenvalue weighted by molar-refractivity contribution is 0.0957. The molecule has 0 heterocycles. The van der Waals surface area contributed by atoms with Crippen LogP contribution < -0.4 is 11.1 Å². The van der Waals surface area contributed by atoms with Gasteiger partial charge in [-0.1, -0.05) is 23.8 Å². The maximum atomic E-state index is 11.7. The molecule has 1 aromatic rings. The molecule has 1 rings (SSSR count). The van der Waals surface area contributed by atoms with Crippen LogP contribution in [0.4, 0.5) is 0 Å². The molecule has 0 aromatic heterocycles. The molecule has 1 aromatic carbocycles. The minimum absolute atomic E-state index is 0.148. The summed E-state index contributed by atoms with van der Waals surface area (Å²) in [6.45, 7) is 0.936. The van der Waals surface area contributed by atoms with Gasteiger partial charge in [-0.3, -0.25) is 4.79 Å². The van der Waals surface area contributed by atoms with E-state index in [4.69, 9.17) is 17.3 Å². The Hall–Kier alpha value is -0.840. The zero-order valence-corrected chi connectivity index (χ0v) is 10.9. The van der Waals surface area contributed by atoms with Crippen molar-refractivity contribution in [1.29, 1.82) is 0 Å². The van der Waals surface area contributed by atoms with Crippen molar-refractivity contribution in [2.24, 2.45) is 5.73 Å². The van der Waals surface area contributed by atoms with Gasteiger partial charge in [-0.05, 0) is 34.1 Å². The van der Waals surface area contributed by atoms with E-state index < -0.39 is 0 Å². The number of hydrogen-bond acceptors (Lipinski definition) is 2. The van der Waals surface area contributed by atoms with Crippen LogP contribution in [0, 0.1) is 0 Å². The SMILES string of the molecule is NC/C=C/CNC(=O)c1ccc(Cl)cc1Br. The second-order valence-corrected chi connectivity index (χ2v) is 4.33. The van der Waals surface area contributed by atoms with Crippen LogP contribution >= 0.6 is 27.5 Å². The zero-order valence-electron chi connectivity index (χ0n) is 8.54. The smallest absolute Gasteiger partial charge is 0.252 e. The van der Waals surface area contributed by atoms with E-state index in [-0.39, 0.29) is 5.91 Å². The van der Waals surface area contributed by atoms with Crippen molar-refractivity contribution in [2.75, 3.05) is 13.1 Å². The van der Waals surface area contributed by atoms with Gasteiger partial charge in [0.05, 0.1) is 5.56 Å². The Balaban J connectivity index is 2.63. The first-order chi connectivity index (χ1) is 7.65. The Kier molecular flexibility index (Phi) is 5.52. The first kappa shape index (κ1) is 13.2. The van der Waals surface area contributed by atoms with Crippen LogP contribution in [-0.2, 0) is 0 Å². The van der Waals surface area contributed by atoms with Gasteiger partial charge in [0.2, 0.25) is 0 Å². The fourth-order valence-corrected chi connectivity index (χ4v) is 1.96. The first-order valence-corrected chi connectivity index (χ1v) is 5.90. The average molecular weight is 304 g/mol. The zero-order chi connectivity index (χ0) is 12.0. The lowest BCUT2D eigenvalue weighted by atomic mass is 10.2. The molecule has 16 heavy (non-hydrogen) atoms. The van der Waals surface area contributed by atoms with Crippen molar-refractivity contribution in [2.45, 2.75) is 0 Å². The molecule has 0 saturated carbocycles. The number of carbonyl (C=O) groups is 1. The fourth-order valence-electron chi connectivity index (χ4n) is 1.10. The summed E-state index contributed by atoms with van der Waals surface area (Å²) in [5.41, 5.74) is 5.84. The van der Waals surface area contributed by atoms with Crippen LogP contribution in [0.5, 0.6) is 0 Å². The molecule has 0 radical (unpaired) electrons. The normalized spacial score (nSPS) is 10.7. The second-order valence-electron chi connectivity index (χ2n) is 3.04. The van der Waals surface area contributed by atoms with Crippen molar-refractivity contribution in [1.82, 2.24) is 5.32 Å². The van der Waals surface area contributed by atoms with Gasteiger partial charge >= 0.3 is 0 Å². The van der Waals surface area contributed by atoms with Crippen LogP contribution in [0.2, 0.25) is 5.02 Å². The molecular weight excluding hydrogens is 291 g/mol. The first-order valence-electron chi connectivity index (χ1n) is 4.73. The number of nitrogens with one attached hydrogen (secondary N) is 1. The van der Waals surface area contributed by atoms with Gasteiger partial charge in [-0.25, -0.2) is 0 Å². The molecule has 0 spiro atoms. The maximum Gasteiger partial charge on any atom is 0.252 e. The summed E-state index contributed by atoms with van der Waals surface area (Å²) in [5.74, 6) is -0.148. The molecule has 0 unspecified atom stereocenters. The molecule has 86 valence electrons. The topological polar surface area (TPSA) is 55.1 Å². The van der Waals surface area contributed by atoms with Crippen LogP contribution in [-0.4, -0.2) is 19.0 Å². The standard InChI is InChI=1S/C11H12BrClN2O/c12-10-7-8(13)3-4-9(10)11(16)15-6-2-1-5-14/h1-4,7H,5-6,14H2,(H,15,16)/b2-1+. The summed E-state index contributed by atoms with van der Waals surface area (Å²) >= 11 is 9.07. The van der Waals surface area contributed by atoms with Gasteiger partial charge in [0.25, 0.3) is 5.91 Å². The molecule has 5 heteroatoms. The second kappa shape index (κ2) is 6.68. The summed E-state index contributed by atoms with van der Waals surface area (Å²) in [6, 6.07) is 5.04. The van der Waals surface area contributed by atoms with E-state index in [1.54, 1.807) is 24.3 Å². The fraction of sp³-hybridized carbons (Fsp3) is 0.182. The Morgan fingerprint density at radius 2 is 2.25 bits per heavy atom. The molecule has 3 nitrogen and oxygen atoms in total. The number of carbonyl (C=O) groups excluding carboxylic acids is 1. The quantitative estimate of drug-likeness (QED) is 0.839. The van der Waals surface area contributed by atoms with Crippen molar-refractivity contribution in [3.05, 3.63) is 45.4 Å². The molecule has 3 N–H and O–H groups in total. The van der Waals surface area contributed by atoms with E-state index in [2.05, 4.69) is 21.2 Å². The summed E-state index contributed by atoms with van der Waals surface area (Å²) in [7, 11) is 0. The molecule has 0 saturated heterocycles. The number of rotatable bonds is 4. The average Bonchev–Trinajstić information content (AvgIpc) is 2.24. The summed E-state index contributed by atoms with van der Waals surface area (Å²) in [5, 5.41) is 3.33. The number of amides is 1. The number of nitrogens with two attached hydrogens (primary N) is 1. The summed E-state index contributed by atoms with van der Waals surface area (Å²) in [4.78, 5) is 11.7. The van der Waals surface area contributed by atoms with Crippen molar-refractivity contribution < 1.29 is 4.79 Å². The van der Waals surface area contributed by atoms with Gasteiger partial charge in [-0.15, -0.1) is 0 Å². The third-order valence-electron chi connectivity index (χ3n) is 1.86. The largest absolute Gasteiger partial charge is 0.349 e. The van der Waals surface area contributed by atoms with E-state index >= 15 is 0 Å². The summed E-state index contributed by atoms with van der Waals surface area (Å²) in [6.07, 6.45) is 3.60. The lowest BCUT2D eigenvalue weighted by Gasteiger charge is -2.04.